The van der Waals surface area contributed by atoms with Crippen molar-refractivity contribution in [1.29, 1.82) is 0 Å². The third-order valence-electron chi connectivity index (χ3n) is 6.86. The minimum Gasteiger partial charge on any atom is -0.497 e. The standard InChI is InChI=1S/C28H35N3O5/c1-5-36-28(33)24-8-6-7-15-30(24)18-27(32)31-25(20-11-9-19(2)10-12-20)17-23(29-31)22-14-13-21(34-3)16-26(22)35-4/h9-14,16,24-25H,5-8,15,17-18H2,1-4H3/t24-,25-/m1/s1. The minimum atomic E-state index is -0.395. The zero-order valence-electron chi connectivity index (χ0n) is 21.5. The van der Waals surface area contributed by atoms with Crippen molar-refractivity contribution in [3.63, 3.8) is 0 Å². The van der Waals surface area contributed by atoms with Crippen LogP contribution in [-0.4, -0.2) is 67.5 Å². The lowest BCUT2D eigenvalue weighted by atomic mass is 9.97. The molecule has 2 aromatic carbocycles. The van der Waals surface area contributed by atoms with Gasteiger partial charge in [-0.15, -0.1) is 0 Å². The number of ether oxygens (including phenoxy) is 3. The number of methoxy groups -OCH3 is 2. The van der Waals surface area contributed by atoms with Crippen LogP contribution in [0.3, 0.4) is 0 Å². The average molecular weight is 494 g/mol. The monoisotopic (exact) mass is 493 g/mol. The summed E-state index contributed by atoms with van der Waals surface area (Å²) >= 11 is 0. The van der Waals surface area contributed by atoms with Gasteiger partial charge in [0.15, 0.2) is 0 Å². The van der Waals surface area contributed by atoms with E-state index in [-0.39, 0.29) is 24.5 Å². The van der Waals surface area contributed by atoms with E-state index in [1.807, 2.05) is 54.3 Å². The van der Waals surface area contributed by atoms with Crippen LogP contribution in [0.4, 0.5) is 0 Å². The highest BCUT2D eigenvalue weighted by molar-refractivity contribution is 6.05. The smallest absolute Gasteiger partial charge is 0.323 e. The van der Waals surface area contributed by atoms with Crippen LogP contribution in [0.5, 0.6) is 11.5 Å². The fourth-order valence-corrected chi connectivity index (χ4v) is 4.92. The Hall–Kier alpha value is -3.39. The largest absolute Gasteiger partial charge is 0.497 e. The van der Waals surface area contributed by atoms with Gasteiger partial charge in [0.05, 0.1) is 39.1 Å². The van der Waals surface area contributed by atoms with E-state index in [4.69, 9.17) is 19.3 Å². The Kier molecular flexibility index (Phi) is 8.25. The molecule has 192 valence electrons. The molecule has 0 N–H and O–H groups in total. The third kappa shape index (κ3) is 5.54. The number of hydrazone groups is 1. The maximum atomic E-state index is 13.7. The van der Waals surface area contributed by atoms with E-state index in [1.165, 1.54) is 0 Å². The van der Waals surface area contributed by atoms with E-state index in [1.54, 1.807) is 26.2 Å². The number of rotatable bonds is 8. The molecule has 0 spiro atoms. The molecular formula is C28H35N3O5. The Labute approximate surface area is 212 Å². The van der Waals surface area contributed by atoms with Crippen molar-refractivity contribution in [3.8, 4) is 11.5 Å². The van der Waals surface area contributed by atoms with Crippen LogP contribution in [0.15, 0.2) is 47.6 Å². The zero-order chi connectivity index (χ0) is 25.7. The number of hydrogen-bond acceptors (Lipinski definition) is 7. The molecule has 0 saturated carbocycles. The summed E-state index contributed by atoms with van der Waals surface area (Å²) in [6.07, 6.45) is 3.15. The highest BCUT2D eigenvalue weighted by Crippen LogP contribution is 2.36. The van der Waals surface area contributed by atoms with Crippen molar-refractivity contribution in [3.05, 3.63) is 59.2 Å². The first-order valence-corrected chi connectivity index (χ1v) is 12.5. The van der Waals surface area contributed by atoms with Gasteiger partial charge in [0.25, 0.3) is 5.91 Å². The molecule has 0 aromatic heterocycles. The van der Waals surface area contributed by atoms with Crippen LogP contribution in [0, 0.1) is 6.92 Å². The number of carbonyl (C=O) groups excluding carboxylic acids is 2. The summed E-state index contributed by atoms with van der Waals surface area (Å²) in [7, 11) is 3.22. The van der Waals surface area contributed by atoms with Gasteiger partial charge in [-0.05, 0) is 50.9 Å². The lowest BCUT2D eigenvalue weighted by molar-refractivity contribution is -0.152. The molecular weight excluding hydrogens is 458 g/mol. The van der Waals surface area contributed by atoms with Crippen molar-refractivity contribution in [1.82, 2.24) is 9.91 Å². The number of amides is 1. The first-order chi connectivity index (χ1) is 17.4. The molecule has 2 atom stereocenters. The van der Waals surface area contributed by atoms with Crippen LogP contribution in [0.1, 0.15) is 55.3 Å². The number of carbonyl (C=O) groups is 2. The van der Waals surface area contributed by atoms with Crippen molar-refractivity contribution in [2.24, 2.45) is 5.10 Å². The maximum absolute atomic E-state index is 13.7. The van der Waals surface area contributed by atoms with Crippen molar-refractivity contribution < 1.29 is 23.8 Å². The van der Waals surface area contributed by atoms with E-state index >= 15 is 0 Å². The van der Waals surface area contributed by atoms with Gasteiger partial charge in [-0.2, -0.15) is 5.10 Å². The zero-order valence-corrected chi connectivity index (χ0v) is 21.5. The lowest BCUT2D eigenvalue weighted by Crippen LogP contribution is -2.49. The Bertz CT molecular complexity index is 1110. The summed E-state index contributed by atoms with van der Waals surface area (Å²) in [6, 6.07) is 13.1. The Balaban J connectivity index is 1.64. The number of piperidine rings is 1. The number of hydrogen-bond donors (Lipinski definition) is 0. The van der Waals surface area contributed by atoms with Gasteiger partial charge in [0.2, 0.25) is 0 Å². The average Bonchev–Trinajstić information content (AvgIpc) is 3.34. The fourth-order valence-electron chi connectivity index (χ4n) is 4.92. The highest BCUT2D eigenvalue weighted by Gasteiger charge is 2.37. The molecule has 2 aromatic rings. The Morgan fingerprint density at radius 3 is 2.53 bits per heavy atom. The molecule has 0 aliphatic carbocycles. The van der Waals surface area contributed by atoms with E-state index < -0.39 is 6.04 Å². The van der Waals surface area contributed by atoms with Gasteiger partial charge in [-0.1, -0.05) is 36.2 Å². The van der Waals surface area contributed by atoms with Gasteiger partial charge >= 0.3 is 5.97 Å². The maximum Gasteiger partial charge on any atom is 0.323 e. The van der Waals surface area contributed by atoms with Crippen LogP contribution < -0.4 is 9.47 Å². The molecule has 0 radical (unpaired) electrons. The molecule has 0 unspecified atom stereocenters. The van der Waals surface area contributed by atoms with Gasteiger partial charge in [-0.25, -0.2) is 5.01 Å². The normalized spacial score (nSPS) is 20.1. The third-order valence-corrected chi connectivity index (χ3v) is 6.86. The molecule has 1 amide bonds. The van der Waals surface area contributed by atoms with Gasteiger partial charge < -0.3 is 14.2 Å². The SMILES string of the molecule is CCOC(=O)[C@H]1CCCCN1CC(=O)N1N=C(c2ccc(OC)cc2OC)C[C@@H]1c1ccc(C)cc1. The topological polar surface area (TPSA) is 80.7 Å². The summed E-state index contributed by atoms with van der Waals surface area (Å²) in [4.78, 5) is 28.2. The quantitative estimate of drug-likeness (QED) is 0.515. The molecule has 2 aliphatic rings. The summed E-state index contributed by atoms with van der Waals surface area (Å²) in [6.45, 7) is 4.97. The molecule has 1 saturated heterocycles. The number of aryl methyl sites for hydroxylation is 1. The van der Waals surface area contributed by atoms with Crippen molar-refractivity contribution >= 4 is 17.6 Å². The predicted octanol–water partition coefficient (Wildman–Crippen LogP) is 4.11. The van der Waals surface area contributed by atoms with Gasteiger partial charge in [0.1, 0.15) is 17.5 Å². The van der Waals surface area contributed by atoms with Crippen LogP contribution >= 0.6 is 0 Å². The molecule has 4 rings (SSSR count). The molecule has 0 bridgehead atoms. The molecule has 8 heteroatoms. The minimum absolute atomic E-state index is 0.113. The molecule has 8 nitrogen and oxygen atoms in total. The number of likely N-dealkylation sites (tertiary alicyclic amines) is 1. The van der Waals surface area contributed by atoms with E-state index in [2.05, 4.69) is 0 Å². The van der Waals surface area contributed by atoms with Gasteiger partial charge in [0, 0.05) is 18.1 Å². The predicted molar refractivity (Wildman–Crippen MR) is 137 cm³/mol. The Morgan fingerprint density at radius 1 is 1.06 bits per heavy atom. The number of benzene rings is 2. The van der Waals surface area contributed by atoms with E-state index in [0.29, 0.717) is 37.5 Å². The number of nitrogens with zero attached hydrogens (tertiary/aromatic N) is 3. The number of esters is 1. The summed E-state index contributed by atoms with van der Waals surface area (Å²) < 4.78 is 16.2. The lowest BCUT2D eigenvalue weighted by Gasteiger charge is -2.34. The molecule has 2 heterocycles. The van der Waals surface area contributed by atoms with Crippen molar-refractivity contribution in [2.45, 2.75) is 51.6 Å². The van der Waals surface area contributed by atoms with Crippen LogP contribution in [0.2, 0.25) is 0 Å². The second kappa shape index (κ2) is 11.6. The molecule has 2 aliphatic heterocycles. The highest BCUT2D eigenvalue weighted by atomic mass is 16.5. The van der Waals surface area contributed by atoms with Crippen LogP contribution in [0.25, 0.3) is 0 Å². The first-order valence-electron chi connectivity index (χ1n) is 12.5. The van der Waals surface area contributed by atoms with Gasteiger partial charge in [-0.3, -0.25) is 14.5 Å². The first kappa shape index (κ1) is 25.7. The van der Waals surface area contributed by atoms with E-state index in [0.717, 1.165) is 35.2 Å². The second-order valence-corrected chi connectivity index (χ2v) is 9.22. The molecule has 1 fully saturated rings. The van der Waals surface area contributed by atoms with Crippen molar-refractivity contribution in [2.75, 3.05) is 33.9 Å². The fraction of sp³-hybridized carbons (Fsp3) is 0.464. The Morgan fingerprint density at radius 2 is 1.83 bits per heavy atom. The summed E-state index contributed by atoms with van der Waals surface area (Å²) in [5.41, 5.74) is 3.76. The molecule has 36 heavy (non-hydrogen) atoms. The summed E-state index contributed by atoms with van der Waals surface area (Å²) in [5.74, 6) is 0.934. The van der Waals surface area contributed by atoms with Crippen LogP contribution in [-0.2, 0) is 14.3 Å². The second-order valence-electron chi connectivity index (χ2n) is 9.22. The van der Waals surface area contributed by atoms with E-state index in [9.17, 15) is 9.59 Å². The summed E-state index contributed by atoms with van der Waals surface area (Å²) in [5, 5.41) is 6.39.